The molecule has 0 bridgehead atoms. The average molecular weight is 393 g/mol. The zero-order valence-corrected chi connectivity index (χ0v) is 17.6. The van der Waals surface area contributed by atoms with Crippen LogP contribution < -0.4 is 0 Å². The summed E-state index contributed by atoms with van der Waals surface area (Å²) >= 11 is 0. The molecule has 150 valence electrons. The van der Waals surface area contributed by atoms with Crippen molar-refractivity contribution in [1.82, 2.24) is 0 Å². The summed E-state index contributed by atoms with van der Waals surface area (Å²) in [7, 11) is 0. The van der Waals surface area contributed by atoms with E-state index >= 15 is 0 Å². The minimum absolute atomic E-state index is 0.101. The van der Waals surface area contributed by atoms with Gasteiger partial charge < -0.3 is 0 Å². The van der Waals surface area contributed by atoms with Gasteiger partial charge in [-0.25, -0.2) is 0 Å². The fraction of sp³-hybridized carbons (Fsp3) is 0.286. The summed E-state index contributed by atoms with van der Waals surface area (Å²) in [5.74, 6) is 0.212. The molecule has 1 aliphatic carbocycles. The summed E-state index contributed by atoms with van der Waals surface area (Å²) < 4.78 is 0. The lowest BCUT2D eigenvalue weighted by Gasteiger charge is -2.36. The SMILES string of the molecule is C=C(C)CC(C#N)(C#N)C1=CCCC[C@H]1C(/C=C/c1ccccc1)c1ccccc1. The summed E-state index contributed by atoms with van der Waals surface area (Å²) in [4.78, 5) is 0. The van der Waals surface area contributed by atoms with E-state index in [0.29, 0.717) is 6.42 Å². The van der Waals surface area contributed by atoms with Gasteiger partial charge in [0.1, 0.15) is 0 Å². The van der Waals surface area contributed by atoms with E-state index in [2.05, 4.69) is 73.3 Å². The molecule has 2 aromatic carbocycles. The summed E-state index contributed by atoms with van der Waals surface area (Å²) in [6.45, 7) is 5.89. The Kier molecular flexibility index (Phi) is 7.05. The van der Waals surface area contributed by atoms with Gasteiger partial charge in [0.2, 0.25) is 0 Å². The molecule has 0 saturated carbocycles. The smallest absolute Gasteiger partial charge is 0.168 e. The Morgan fingerprint density at radius 3 is 2.33 bits per heavy atom. The van der Waals surface area contributed by atoms with E-state index in [-0.39, 0.29) is 11.8 Å². The monoisotopic (exact) mass is 392 g/mol. The Hall–Kier alpha value is -3.36. The summed E-state index contributed by atoms with van der Waals surface area (Å²) in [5.41, 5.74) is 3.04. The van der Waals surface area contributed by atoms with E-state index in [0.717, 1.165) is 36.0 Å². The Morgan fingerprint density at radius 1 is 1.10 bits per heavy atom. The van der Waals surface area contributed by atoms with E-state index in [4.69, 9.17) is 0 Å². The van der Waals surface area contributed by atoms with Crippen molar-refractivity contribution in [3.05, 3.63) is 102 Å². The van der Waals surface area contributed by atoms with Crippen LogP contribution in [0.15, 0.2) is 90.5 Å². The quantitative estimate of drug-likeness (QED) is 0.467. The lowest BCUT2D eigenvalue weighted by molar-refractivity contribution is 0.402. The summed E-state index contributed by atoms with van der Waals surface area (Å²) in [5, 5.41) is 20.2. The maximum absolute atomic E-state index is 10.1. The van der Waals surface area contributed by atoms with Gasteiger partial charge in [0, 0.05) is 12.3 Å². The molecule has 0 fully saturated rings. The molecule has 0 spiro atoms. The van der Waals surface area contributed by atoms with Crippen LogP contribution in [0.2, 0.25) is 0 Å². The predicted molar refractivity (Wildman–Crippen MR) is 123 cm³/mol. The number of nitriles is 2. The van der Waals surface area contributed by atoms with Gasteiger partial charge in [-0.05, 0) is 48.8 Å². The van der Waals surface area contributed by atoms with E-state index in [9.17, 15) is 10.5 Å². The van der Waals surface area contributed by atoms with Gasteiger partial charge in [0.15, 0.2) is 5.41 Å². The molecule has 0 aromatic heterocycles. The van der Waals surface area contributed by atoms with Crippen molar-refractivity contribution in [2.45, 2.75) is 38.5 Å². The minimum atomic E-state index is -1.15. The number of nitrogens with zero attached hydrogens (tertiary/aromatic N) is 2. The van der Waals surface area contributed by atoms with Crippen LogP contribution in [0.25, 0.3) is 6.08 Å². The fourth-order valence-corrected chi connectivity index (χ4v) is 4.49. The Bertz CT molecular complexity index is 986. The third-order valence-corrected chi connectivity index (χ3v) is 5.84. The highest BCUT2D eigenvalue weighted by molar-refractivity contribution is 5.52. The lowest BCUT2D eigenvalue weighted by Crippen LogP contribution is -2.30. The number of hydrogen-bond acceptors (Lipinski definition) is 2. The minimum Gasteiger partial charge on any atom is -0.196 e. The van der Waals surface area contributed by atoms with E-state index in [1.807, 2.05) is 31.2 Å². The molecular weight excluding hydrogens is 364 g/mol. The zero-order chi connectivity index (χ0) is 21.4. The van der Waals surface area contributed by atoms with E-state index < -0.39 is 5.41 Å². The van der Waals surface area contributed by atoms with Crippen LogP contribution in [0.4, 0.5) is 0 Å². The first kappa shape index (κ1) is 21.4. The Morgan fingerprint density at radius 2 is 1.73 bits per heavy atom. The first-order valence-electron chi connectivity index (χ1n) is 10.6. The number of hydrogen-bond donors (Lipinski definition) is 0. The second-order valence-corrected chi connectivity index (χ2v) is 8.17. The molecule has 1 aliphatic rings. The molecule has 2 atom stereocenters. The van der Waals surface area contributed by atoms with Crippen LogP contribution >= 0.6 is 0 Å². The highest BCUT2D eigenvalue weighted by atomic mass is 14.5. The molecule has 0 amide bonds. The van der Waals surface area contributed by atoms with Gasteiger partial charge in [-0.3, -0.25) is 0 Å². The third kappa shape index (κ3) is 4.79. The largest absolute Gasteiger partial charge is 0.196 e. The highest BCUT2D eigenvalue weighted by Crippen LogP contribution is 2.47. The topological polar surface area (TPSA) is 47.6 Å². The van der Waals surface area contributed by atoms with Crippen LogP contribution in [0.5, 0.6) is 0 Å². The molecule has 30 heavy (non-hydrogen) atoms. The van der Waals surface area contributed by atoms with Crippen molar-refractivity contribution in [2.24, 2.45) is 11.3 Å². The predicted octanol–water partition coefficient (Wildman–Crippen LogP) is 7.21. The molecule has 0 saturated heterocycles. The summed E-state index contributed by atoms with van der Waals surface area (Å²) in [6, 6.07) is 25.4. The number of benzene rings is 2. The van der Waals surface area contributed by atoms with Crippen molar-refractivity contribution in [3.8, 4) is 12.1 Å². The van der Waals surface area contributed by atoms with Gasteiger partial charge in [0.05, 0.1) is 12.1 Å². The van der Waals surface area contributed by atoms with Gasteiger partial charge >= 0.3 is 0 Å². The molecule has 0 aliphatic heterocycles. The van der Waals surface area contributed by atoms with Gasteiger partial charge in [-0.2, -0.15) is 10.5 Å². The van der Waals surface area contributed by atoms with Crippen LogP contribution in [-0.4, -0.2) is 0 Å². The van der Waals surface area contributed by atoms with Crippen LogP contribution in [0.1, 0.15) is 49.7 Å². The molecular formula is C28H28N2. The van der Waals surface area contributed by atoms with Gasteiger partial charge in [0.25, 0.3) is 0 Å². The highest BCUT2D eigenvalue weighted by Gasteiger charge is 2.42. The first-order valence-corrected chi connectivity index (χ1v) is 10.6. The van der Waals surface area contributed by atoms with Crippen molar-refractivity contribution in [1.29, 1.82) is 10.5 Å². The second kappa shape index (κ2) is 9.91. The first-order chi connectivity index (χ1) is 14.6. The van der Waals surface area contributed by atoms with Crippen molar-refractivity contribution < 1.29 is 0 Å². The fourth-order valence-electron chi connectivity index (χ4n) is 4.49. The molecule has 2 aromatic rings. The van der Waals surface area contributed by atoms with Crippen LogP contribution in [0.3, 0.4) is 0 Å². The number of rotatable bonds is 7. The van der Waals surface area contributed by atoms with Crippen molar-refractivity contribution in [3.63, 3.8) is 0 Å². The Labute approximate surface area is 180 Å². The van der Waals surface area contributed by atoms with Gasteiger partial charge in [-0.1, -0.05) is 84.5 Å². The number of allylic oxidation sites excluding steroid dienone is 4. The van der Waals surface area contributed by atoms with E-state index in [1.54, 1.807) is 0 Å². The third-order valence-electron chi connectivity index (χ3n) is 5.84. The van der Waals surface area contributed by atoms with Gasteiger partial charge in [-0.15, -0.1) is 6.58 Å². The maximum Gasteiger partial charge on any atom is 0.168 e. The van der Waals surface area contributed by atoms with Crippen LogP contribution in [0, 0.1) is 34.0 Å². The molecule has 0 radical (unpaired) electrons. The Balaban J connectivity index is 2.07. The standard InChI is InChI=1S/C28H28N2/c1-22(2)19-28(20-29,21-30)27-16-10-9-15-26(27)25(24-13-7-4-8-14-24)18-17-23-11-5-3-6-12-23/h3-8,11-14,16-18,25-26H,1,9-10,15,19H2,2H3/b18-17+/t25?,26-/m0/s1. The molecule has 0 N–H and O–H groups in total. The lowest BCUT2D eigenvalue weighted by atomic mass is 9.64. The van der Waals surface area contributed by atoms with Crippen molar-refractivity contribution >= 4 is 6.08 Å². The van der Waals surface area contributed by atoms with Crippen LogP contribution in [-0.2, 0) is 0 Å². The normalized spacial score (nSPS) is 17.6. The molecule has 1 unspecified atom stereocenters. The average Bonchev–Trinajstić information content (AvgIpc) is 2.79. The maximum atomic E-state index is 10.1. The van der Waals surface area contributed by atoms with Crippen molar-refractivity contribution in [2.75, 3.05) is 0 Å². The van der Waals surface area contributed by atoms with E-state index in [1.165, 1.54) is 5.56 Å². The molecule has 2 heteroatoms. The second-order valence-electron chi connectivity index (χ2n) is 8.17. The molecule has 3 rings (SSSR count). The summed E-state index contributed by atoms with van der Waals surface area (Å²) in [6.07, 6.45) is 9.87. The molecule has 2 nitrogen and oxygen atoms in total. The zero-order valence-electron chi connectivity index (χ0n) is 17.6. The molecule has 0 heterocycles.